The largest absolute Gasteiger partial charge is 0.493 e. The summed E-state index contributed by atoms with van der Waals surface area (Å²) in [6, 6.07) is 12.8. The smallest absolute Gasteiger partial charge is 0.287 e. The van der Waals surface area contributed by atoms with Gasteiger partial charge in [-0.25, -0.2) is 4.57 Å². The van der Waals surface area contributed by atoms with E-state index in [9.17, 15) is 14.9 Å². The highest BCUT2D eigenvalue weighted by Crippen LogP contribution is 2.31. The highest BCUT2D eigenvalue weighted by molar-refractivity contribution is 5.95. The number of hydrogen-bond acceptors (Lipinski definition) is 6. The number of methoxy groups -OCH3 is 2. The van der Waals surface area contributed by atoms with E-state index in [2.05, 4.69) is 4.98 Å². The number of benzene rings is 2. The van der Waals surface area contributed by atoms with Crippen LogP contribution in [0.2, 0.25) is 0 Å². The van der Waals surface area contributed by atoms with E-state index in [1.807, 2.05) is 12.1 Å². The van der Waals surface area contributed by atoms with Crippen molar-refractivity contribution < 1.29 is 23.8 Å². The standard InChI is InChI=1S/C20H18N3O5/c1-27-19-8-5-15(11-20(19)28-2)17-9-10-22(13-21-17)12-18(24)14-3-6-16(7-4-14)23(25)26/h3-11,13H,12H2,1-2H3/q+1. The van der Waals surface area contributed by atoms with Crippen molar-refractivity contribution >= 4 is 11.5 Å². The van der Waals surface area contributed by atoms with Gasteiger partial charge >= 0.3 is 0 Å². The minimum Gasteiger partial charge on any atom is -0.493 e. The SMILES string of the molecule is COc1ccc(-c2cc[n+](CC(=O)c3ccc([N+](=O)[O-])cc3)cn2)cc1OC. The zero-order valence-corrected chi connectivity index (χ0v) is 15.4. The Bertz CT molecular complexity index is 1000. The predicted octanol–water partition coefficient (Wildman–Crippen LogP) is 2.84. The van der Waals surface area contributed by atoms with Crippen molar-refractivity contribution in [3.8, 4) is 22.8 Å². The van der Waals surface area contributed by atoms with Gasteiger partial charge < -0.3 is 9.47 Å². The van der Waals surface area contributed by atoms with Crippen molar-refractivity contribution in [1.29, 1.82) is 0 Å². The number of rotatable bonds is 7. The van der Waals surface area contributed by atoms with Gasteiger partial charge in [-0.15, -0.1) is 0 Å². The molecule has 0 aliphatic carbocycles. The first-order chi connectivity index (χ1) is 13.5. The lowest BCUT2D eigenvalue weighted by molar-refractivity contribution is -0.686. The number of hydrogen-bond donors (Lipinski definition) is 0. The first-order valence-electron chi connectivity index (χ1n) is 8.37. The molecule has 0 aliphatic rings. The van der Waals surface area contributed by atoms with Gasteiger partial charge in [-0.05, 0) is 35.3 Å². The Morgan fingerprint density at radius 1 is 1.07 bits per heavy atom. The molecule has 28 heavy (non-hydrogen) atoms. The zero-order chi connectivity index (χ0) is 20.1. The number of carbonyl (C=O) groups excluding carboxylic acids is 1. The fourth-order valence-corrected chi connectivity index (χ4v) is 2.67. The summed E-state index contributed by atoms with van der Waals surface area (Å²) in [5.41, 5.74) is 1.93. The lowest BCUT2D eigenvalue weighted by Gasteiger charge is -2.08. The first-order valence-corrected chi connectivity index (χ1v) is 8.37. The molecule has 142 valence electrons. The van der Waals surface area contributed by atoms with Crippen LogP contribution in [0.5, 0.6) is 11.5 Å². The van der Waals surface area contributed by atoms with E-state index in [-0.39, 0.29) is 18.0 Å². The summed E-state index contributed by atoms with van der Waals surface area (Å²) in [6.45, 7) is 0.0804. The summed E-state index contributed by atoms with van der Waals surface area (Å²) in [5.74, 6) is 1.07. The highest BCUT2D eigenvalue weighted by atomic mass is 16.6. The van der Waals surface area contributed by atoms with Gasteiger partial charge in [0.1, 0.15) is 0 Å². The van der Waals surface area contributed by atoms with E-state index >= 15 is 0 Å². The van der Waals surface area contributed by atoms with Crippen molar-refractivity contribution in [2.24, 2.45) is 0 Å². The molecule has 2 aromatic carbocycles. The molecule has 8 heteroatoms. The topological polar surface area (TPSA) is 95.4 Å². The van der Waals surface area contributed by atoms with Crippen molar-refractivity contribution in [2.45, 2.75) is 6.54 Å². The molecule has 3 aromatic rings. The van der Waals surface area contributed by atoms with Gasteiger partial charge in [0.25, 0.3) is 12.0 Å². The van der Waals surface area contributed by atoms with Crippen LogP contribution in [0.25, 0.3) is 11.3 Å². The second-order valence-corrected chi connectivity index (χ2v) is 5.91. The van der Waals surface area contributed by atoms with Crippen LogP contribution in [-0.4, -0.2) is 29.9 Å². The Labute approximate surface area is 161 Å². The Hall–Kier alpha value is -3.81. The Balaban J connectivity index is 1.74. The normalized spacial score (nSPS) is 10.4. The third-order valence-corrected chi connectivity index (χ3v) is 4.17. The van der Waals surface area contributed by atoms with Gasteiger partial charge in [-0.3, -0.25) is 14.9 Å². The number of ketones is 1. The lowest BCUT2D eigenvalue weighted by Crippen LogP contribution is -2.37. The Morgan fingerprint density at radius 2 is 1.79 bits per heavy atom. The van der Waals surface area contributed by atoms with E-state index in [1.54, 1.807) is 43.4 Å². The molecule has 0 saturated carbocycles. The first kappa shape index (κ1) is 19.0. The quantitative estimate of drug-likeness (QED) is 0.271. The summed E-state index contributed by atoms with van der Waals surface area (Å²) in [7, 11) is 3.14. The molecule has 3 rings (SSSR count). The van der Waals surface area contributed by atoms with E-state index in [4.69, 9.17) is 9.47 Å². The maximum Gasteiger partial charge on any atom is 0.287 e. The molecule has 0 N–H and O–H groups in total. The summed E-state index contributed by atoms with van der Waals surface area (Å²) in [6.07, 6.45) is 3.32. The van der Waals surface area contributed by atoms with Gasteiger partial charge in [-0.1, -0.05) is 0 Å². The summed E-state index contributed by atoms with van der Waals surface area (Å²) in [5, 5.41) is 10.7. The lowest BCUT2D eigenvalue weighted by atomic mass is 10.1. The van der Waals surface area contributed by atoms with Crippen LogP contribution in [0.3, 0.4) is 0 Å². The van der Waals surface area contributed by atoms with E-state index in [1.165, 1.54) is 24.3 Å². The third-order valence-electron chi connectivity index (χ3n) is 4.17. The van der Waals surface area contributed by atoms with Crippen LogP contribution in [0.1, 0.15) is 10.4 Å². The molecule has 0 spiro atoms. The summed E-state index contributed by atoms with van der Waals surface area (Å²) >= 11 is 0. The maximum atomic E-state index is 12.4. The Kier molecular flexibility index (Phi) is 5.59. The van der Waals surface area contributed by atoms with Crippen molar-refractivity contribution in [3.05, 3.63) is 76.7 Å². The molecule has 0 unspecified atom stereocenters. The molecular formula is C20H18N3O5+. The Morgan fingerprint density at radius 3 is 2.36 bits per heavy atom. The van der Waals surface area contributed by atoms with Crippen LogP contribution in [0.15, 0.2) is 61.1 Å². The molecule has 0 radical (unpaired) electrons. The molecule has 1 aromatic heterocycles. The van der Waals surface area contributed by atoms with Crippen LogP contribution in [0, 0.1) is 10.1 Å². The molecule has 8 nitrogen and oxygen atoms in total. The number of nitrogens with zero attached hydrogens (tertiary/aromatic N) is 3. The van der Waals surface area contributed by atoms with Crippen molar-refractivity contribution in [1.82, 2.24) is 4.98 Å². The number of Topliss-reactive ketones (excluding diaryl/α,β-unsaturated/α-hetero) is 1. The van der Waals surface area contributed by atoms with Gasteiger partial charge in [0.05, 0.1) is 25.3 Å². The number of non-ortho nitro benzene ring substituents is 1. The summed E-state index contributed by atoms with van der Waals surface area (Å²) < 4.78 is 12.2. The fourth-order valence-electron chi connectivity index (χ4n) is 2.67. The van der Waals surface area contributed by atoms with Crippen LogP contribution in [0.4, 0.5) is 5.69 Å². The highest BCUT2D eigenvalue weighted by Gasteiger charge is 2.14. The molecule has 0 saturated heterocycles. The molecular weight excluding hydrogens is 362 g/mol. The monoisotopic (exact) mass is 380 g/mol. The molecule has 0 fully saturated rings. The van der Waals surface area contributed by atoms with Crippen LogP contribution in [-0.2, 0) is 6.54 Å². The van der Waals surface area contributed by atoms with Gasteiger partial charge in [0.15, 0.2) is 23.7 Å². The number of carbonyl (C=O) groups is 1. The molecule has 1 heterocycles. The van der Waals surface area contributed by atoms with Crippen molar-refractivity contribution in [3.63, 3.8) is 0 Å². The predicted molar refractivity (Wildman–Crippen MR) is 100 cm³/mol. The second kappa shape index (κ2) is 8.26. The minimum absolute atomic E-state index is 0.0508. The van der Waals surface area contributed by atoms with Crippen LogP contribution < -0.4 is 14.0 Å². The van der Waals surface area contributed by atoms with Gasteiger partial charge in [0.2, 0.25) is 5.78 Å². The maximum absolute atomic E-state index is 12.4. The van der Waals surface area contributed by atoms with Crippen LogP contribution >= 0.6 is 0 Å². The molecule has 0 amide bonds. The fraction of sp³-hybridized carbons (Fsp3) is 0.150. The average molecular weight is 380 g/mol. The van der Waals surface area contributed by atoms with E-state index in [0.29, 0.717) is 17.1 Å². The third kappa shape index (κ3) is 4.12. The number of aromatic nitrogens is 2. The molecule has 0 atom stereocenters. The average Bonchev–Trinajstić information content (AvgIpc) is 2.73. The number of ether oxygens (including phenoxy) is 2. The summed E-state index contributed by atoms with van der Waals surface area (Å²) in [4.78, 5) is 26.9. The van der Waals surface area contributed by atoms with E-state index in [0.717, 1.165) is 11.3 Å². The van der Waals surface area contributed by atoms with Gasteiger partial charge in [-0.2, -0.15) is 0 Å². The van der Waals surface area contributed by atoms with Gasteiger partial charge in [0, 0.05) is 29.3 Å². The number of nitro groups is 1. The van der Waals surface area contributed by atoms with Crippen molar-refractivity contribution in [2.75, 3.05) is 14.2 Å². The molecule has 0 aliphatic heterocycles. The second-order valence-electron chi connectivity index (χ2n) is 5.91. The zero-order valence-electron chi connectivity index (χ0n) is 15.4. The van der Waals surface area contributed by atoms with E-state index < -0.39 is 4.92 Å². The number of nitro benzene ring substituents is 1. The molecule has 0 bridgehead atoms. The minimum atomic E-state index is -0.500.